The lowest BCUT2D eigenvalue weighted by Gasteiger charge is -2.20. The summed E-state index contributed by atoms with van der Waals surface area (Å²) >= 11 is 0. The van der Waals surface area contributed by atoms with Crippen molar-refractivity contribution < 1.29 is 4.79 Å². The summed E-state index contributed by atoms with van der Waals surface area (Å²) in [7, 11) is 0. The van der Waals surface area contributed by atoms with Crippen LogP contribution in [0.25, 0.3) is 0 Å². The first-order valence-electron chi connectivity index (χ1n) is 6.33. The number of aromatic amines is 1. The molecule has 17 heavy (non-hydrogen) atoms. The Bertz CT molecular complexity index is 332. The van der Waals surface area contributed by atoms with Crippen LogP contribution >= 0.6 is 0 Å². The molecule has 1 aromatic rings. The summed E-state index contributed by atoms with van der Waals surface area (Å²) in [5.41, 5.74) is 0. The zero-order valence-electron chi connectivity index (χ0n) is 9.98. The van der Waals surface area contributed by atoms with Crippen molar-refractivity contribution in [2.75, 3.05) is 0 Å². The molecule has 1 saturated carbocycles. The van der Waals surface area contributed by atoms with Gasteiger partial charge in [0.1, 0.15) is 0 Å². The highest BCUT2D eigenvalue weighted by Gasteiger charge is 2.14. The second-order valence-electron chi connectivity index (χ2n) is 4.65. The van der Waals surface area contributed by atoms with Gasteiger partial charge in [-0.15, -0.1) is 10.2 Å². The van der Waals surface area contributed by atoms with Gasteiger partial charge in [0, 0.05) is 6.42 Å². The molecule has 0 aliphatic heterocycles. The van der Waals surface area contributed by atoms with Gasteiger partial charge < -0.3 is 5.32 Å². The summed E-state index contributed by atoms with van der Waals surface area (Å²) in [5.74, 6) is 1.36. The molecule has 1 aromatic heterocycles. The number of aromatic nitrogens is 4. The van der Waals surface area contributed by atoms with Crippen molar-refractivity contribution in [2.24, 2.45) is 5.92 Å². The van der Waals surface area contributed by atoms with Crippen molar-refractivity contribution in [3.8, 4) is 0 Å². The number of hydrogen-bond acceptors (Lipinski definition) is 4. The fourth-order valence-corrected chi connectivity index (χ4v) is 2.33. The number of H-pyrrole nitrogens is 1. The monoisotopic (exact) mass is 237 g/mol. The molecule has 0 aromatic carbocycles. The smallest absolute Gasteiger partial charge is 0.220 e. The summed E-state index contributed by atoms with van der Waals surface area (Å²) in [4.78, 5) is 11.6. The van der Waals surface area contributed by atoms with Gasteiger partial charge in [0.2, 0.25) is 5.91 Å². The second-order valence-corrected chi connectivity index (χ2v) is 4.65. The van der Waals surface area contributed by atoms with Crippen molar-refractivity contribution in [1.29, 1.82) is 0 Å². The molecule has 0 saturated heterocycles. The number of tetrazole rings is 1. The molecule has 1 fully saturated rings. The van der Waals surface area contributed by atoms with E-state index in [0.717, 1.165) is 12.3 Å². The zero-order valence-corrected chi connectivity index (χ0v) is 9.98. The van der Waals surface area contributed by atoms with Gasteiger partial charge in [0.05, 0.1) is 6.54 Å². The van der Waals surface area contributed by atoms with Crippen LogP contribution in [0.2, 0.25) is 0 Å². The lowest BCUT2D eigenvalue weighted by molar-refractivity contribution is -0.121. The molecule has 94 valence electrons. The SMILES string of the molecule is O=C(CCC1CCCCC1)NCc1nn[nH]n1. The largest absolute Gasteiger partial charge is 0.349 e. The highest BCUT2D eigenvalue weighted by atomic mass is 16.1. The fraction of sp³-hybridized carbons (Fsp3) is 0.818. The van der Waals surface area contributed by atoms with Crippen LogP contribution in [0.3, 0.4) is 0 Å². The van der Waals surface area contributed by atoms with Gasteiger partial charge in [-0.3, -0.25) is 4.79 Å². The molecule has 6 nitrogen and oxygen atoms in total. The Morgan fingerprint density at radius 3 is 2.88 bits per heavy atom. The van der Waals surface area contributed by atoms with E-state index in [1.807, 2.05) is 0 Å². The standard InChI is InChI=1S/C11H19N5O/c17-11(12-8-10-13-15-16-14-10)7-6-9-4-2-1-3-5-9/h9H,1-8H2,(H,12,17)(H,13,14,15,16). The molecule has 1 heterocycles. The number of carbonyl (C=O) groups is 1. The Morgan fingerprint density at radius 1 is 1.35 bits per heavy atom. The van der Waals surface area contributed by atoms with Gasteiger partial charge >= 0.3 is 0 Å². The maximum absolute atomic E-state index is 11.6. The molecule has 1 amide bonds. The predicted molar refractivity (Wildman–Crippen MR) is 61.8 cm³/mol. The summed E-state index contributed by atoms with van der Waals surface area (Å²) in [5, 5.41) is 16.1. The lowest BCUT2D eigenvalue weighted by atomic mass is 9.86. The van der Waals surface area contributed by atoms with Crippen LogP contribution in [0.4, 0.5) is 0 Å². The number of amides is 1. The Morgan fingerprint density at radius 2 is 2.18 bits per heavy atom. The molecule has 2 rings (SSSR count). The summed E-state index contributed by atoms with van der Waals surface area (Å²) in [6.45, 7) is 0.361. The van der Waals surface area contributed by atoms with Crippen molar-refractivity contribution in [2.45, 2.75) is 51.5 Å². The number of rotatable bonds is 5. The van der Waals surface area contributed by atoms with E-state index in [9.17, 15) is 4.79 Å². The Balaban J connectivity index is 1.60. The summed E-state index contributed by atoms with van der Waals surface area (Å²) in [6, 6.07) is 0. The van der Waals surface area contributed by atoms with E-state index >= 15 is 0 Å². The maximum Gasteiger partial charge on any atom is 0.220 e. The number of hydrogen-bond donors (Lipinski definition) is 2. The van der Waals surface area contributed by atoms with Gasteiger partial charge in [0.25, 0.3) is 0 Å². The van der Waals surface area contributed by atoms with Gasteiger partial charge in [-0.25, -0.2) is 0 Å². The zero-order chi connectivity index (χ0) is 11.9. The quantitative estimate of drug-likeness (QED) is 0.805. The average molecular weight is 237 g/mol. The third-order valence-electron chi connectivity index (χ3n) is 3.34. The average Bonchev–Trinajstić information content (AvgIpc) is 2.88. The van der Waals surface area contributed by atoms with E-state index in [4.69, 9.17) is 0 Å². The van der Waals surface area contributed by atoms with Crippen molar-refractivity contribution in [3.63, 3.8) is 0 Å². The van der Waals surface area contributed by atoms with Crippen LogP contribution in [-0.2, 0) is 11.3 Å². The van der Waals surface area contributed by atoms with Crippen LogP contribution in [0, 0.1) is 5.92 Å². The molecule has 1 aliphatic carbocycles. The normalized spacial score (nSPS) is 16.9. The lowest BCUT2D eigenvalue weighted by Crippen LogP contribution is -2.24. The molecule has 0 radical (unpaired) electrons. The molecule has 6 heteroatoms. The van der Waals surface area contributed by atoms with Gasteiger partial charge in [0.15, 0.2) is 5.82 Å². The minimum atomic E-state index is 0.0837. The maximum atomic E-state index is 11.6. The molecular formula is C11H19N5O. The third kappa shape index (κ3) is 4.13. The number of nitrogens with zero attached hydrogens (tertiary/aromatic N) is 3. The molecule has 0 unspecified atom stereocenters. The van der Waals surface area contributed by atoms with Crippen LogP contribution in [-0.4, -0.2) is 26.5 Å². The van der Waals surface area contributed by atoms with Gasteiger partial charge in [-0.2, -0.15) is 5.21 Å². The van der Waals surface area contributed by atoms with E-state index in [-0.39, 0.29) is 5.91 Å². The second kappa shape index (κ2) is 6.32. The first-order chi connectivity index (χ1) is 8.34. The molecular weight excluding hydrogens is 218 g/mol. The first-order valence-corrected chi connectivity index (χ1v) is 6.33. The number of carbonyl (C=O) groups excluding carboxylic acids is 1. The minimum Gasteiger partial charge on any atom is -0.349 e. The van der Waals surface area contributed by atoms with Gasteiger partial charge in [-0.1, -0.05) is 37.3 Å². The van der Waals surface area contributed by atoms with Gasteiger partial charge in [-0.05, 0) is 12.3 Å². The van der Waals surface area contributed by atoms with Crippen LogP contribution in [0.5, 0.6) is 0 Å². The minimum absolute atomic E-state index is 0.0837. The molecule has 0 atom stereocenters. The molecule has 2 N–H and O–H groups in total. The van der Waals surface area contributed by atoms with E-state index in [0.29, 0.717) is 18.8 Å². The van der Waals surface area contributed by atoms with Crippen LogP contribution < -0.4 is 5.32 Å². The summed E-state index contributed by atoms with van der Waals surface area (Å²) in [6.07, 6.45) is 8.22. The highest BCUT2D eigenvalue weighted by Crippen LogP contribution is 2.27. The van der Waals surface area contributed by atoms with E-state index in [2.05, 4.69) is 25.9 Å². The Hall–Kier alpha value is -1.46. The predicted octanol–water partition coefficient (Wildman–Crippen LogP) is 1.18. The topological polar surface area (TPSA) is 83.6 Å². The van der Waals surface area contributed by atoms with Crippen molar-refractivity contribution in [1.82, 2.24) is 25.9 Å². The van der Waals surface area contributed by atoms with Crippen LogP contribution in [0.1, 0.15) is 50.8 Å². The molecule has 0 bridgehead atoms. The van der Waals surface area contributed by atoms with E-state index < -0.39 is 0 Å². The highest BCUT2D eigenvalue weighted by molar-refractivity contribution is 5.75. The van der Waals surface area contributed by atoms with E-state index in [1.165, 1.54) is 32.1 Å². The Kier molecular flexibility index (Phi) is 4.46. The third-order valence-corrected chi connectivity index (χ3v) is 3.34. The molecule has 0 spiro atoms. The summed E-state index contributed by atoms with van der Waals surface area (Å²) < 4.78 is 0. The van der Waals surface area contributed by atoms with Crippen LogP contribution in [0.15, 0.2) is 0 Å². The molecule has 1 aliphatic rings. The first kappa shape index (κ1) is 12.0. The number of nitrogens with one attached hydrogen (secondary N) is 2. The Labute approximate surface area is 101 Å². The fourth-order valence-electron chi connectivity index (χ4n) is 2.33. The van der Waals surface area contributed by atoms with Crippen molar-refractivity contribution >= 4 is 5.91 Å². The van der Waals surface area contributed by atoms with Crippen molar-refractivity contribution in [3.05, 3.63) is 5.82 Å². The van der Waals surface area contributed by atoms with E-state index in [1.54, 1.807) is 0 Å².